The Morgan fingerprint density at radius 1 is 0.897 bits per heavy atom. The third kappa shape index (κ3) is 8.34. The van der Waals surface area contributed by atoms with Gasteiger partial charge in [0, 0.05) is 30.6 Å². The van der Waals surface area contributed by atoms with Crippen LogP contribution in [0.5, 0.6) is 0 Å². The summed E-state index contributed by atoms with van der Waals surface area (Å²) in [4.78, 5) is 38.5. The van der Waals surface area contributed by atoms with E-state index in [4.69, 9.17) is 0 Å². The van der Waals surface area contributed by atoms with Gasteiger partial charge < -0.3 is 15.0 Å². The lowest BCUT2D eigenvalue weighted by molar-refractivity contribution is -0.140. The average Bonchev–Trinajstić information content (AvgIpc) is 3.22. The normalized spacial score (nSPS) is 10.5. The molecule has 0 fully saturated rings. The molecule has 0 atom stereocenters. The molecule has 2 rings (SSSR count). The van der Waals surface area contributed by atoms with Gasteiger partial charge in [-0.2, -0.15) is 0 Å². The van der Waals surface area contributed by atoms with Crippen LogP contribution in [0.1, 0.15) is 71.5 Å². The number of H-pyrrole nitrogens is 1. The Morgan fingerprint density at radius 3 is 2.41 bits per heavy atom. The van der Waals surface area contributed by atoms with Crippen molar-refractivity contribution in [3.63, 3.8) is 0 Å². The van der Waals surface area contributed by atoms with Crippen LogP contribution in [0.15, 0.2) is 42.5 Å². The zero-order chi connectivity index (χ0) is 20.9. The highest BCUT2D eigenvalue weighted by atomic mass is 16.5. The van der Waals surface area contributed by atoms with Crippen molar-refractivity contribution < 1.29 is 19.1 Å². The largest absolute Gasteiger partial charge is 0.469 e. The summed E-state index contributed by atoms with van der Waals surface area (Å²) in [5, 5.41) is 2.90. The van der Waals surface area contributed by atoms with Crippen molar-refractivity contribution in [3.8, 4) is 0 Å². The number of hydrogen-bond donors (Lipinski definition) is 2. The molecule has 0 aliphatic carbocycles. The van der Waals surface area contributed by atoms with E-state index in [9.17, 15) is 14.4 Å². The minimum atomic E-state index is -0.188. The number of nitrogens with one attached hydrogen (secondary N) is 2. The van der Waals surface area contributed by atoms with Gasteiger partial charge in [0.25, 0.3) is 5.91 Å². The summed E-state index contributed by atoms with van der Waals surface area (Å²) in [6.45, 7) is 0.611. The van der Waals surface area contributed by atoms with Gasteiger partial charge in [0.1, 0.15) is 0 Å². The SMILES string of the molecule is COC(=O)CCCCc1ccc(C(=O)CCCCCNC(=O)c2ccccc2)[nH]1. The maximum absolute atomic E-state index is 12.3. The first-order valence-corrected chi connectivity index (χ1v) is 10.2. The predicted octanol–water partition coefficient (Wildman–Crippen LogP) is 4.07. The molecule has 0 aliphatic heterocycles. The number of carbonyl (C=O) groups is 3. The van der Waals surface area contributed by atoms with E-state index < -0.39 is 0 Å². The van der Waals surface area contributed by atoms with E-state index >= 15 is 0 Å². The molecule has 156 valence electrons. The third-order valence-corrected chi connectivity index (χ3v) is 4.75. The summed E-state index contributed by atoms with van der Waals surface area (Å²) in [7, 11) is 1.39. The maximum atomic E-state index is 12.3. The summed E-state index contributed by atoms with van der Waals surface area (Å²) in [6, 6.07) is 12.9. The van der Waals surface area contributed by atoms with Crippen molar-refractivity contribution in [1.29, 1.82) is 0 Å². The summed E-state index contributed by atoms with van der Waals surface area (Å²) in [6.07, 6.45) is 5.92. The molecule has 0 bridgehead atoms. The Hall–Kier alpha value is -2.89. The number of Topliss-reactive ketones (excluding diaryl/α,β-unsaturated/α-hetero) is 1. The number of rotatable bonds is 13. The van der Waals surface area contributed by atoms with Crippen molar-refractivity contribution in [2.24, 2.45) is 0 Å². The van der Waals surface area contributed by atoms with E-state index in [1.807, 2.05) is 30.3 Å². The van der Waals surface area contributed by atoms with Gasteiger partial charge in [0.05, 0.1) is 12.8 Å². The van der Waals surface area contributed by atoms with Gasteiger partial charge in [-0.05, 0) is 56.4 Å². The summed E-state index contributed by atoms with van der Waals surface area (Å²) >= 11 is 0. The molecule has 6 heteroatoms. The Bertz CT molecular complexity index is 783. The topological polar surface area (TPSA) is 88.3 Å². The molecule has 1 heterocycles. The lowest BCUT2D eigenvalue weighted by Gasteiger charge is -2.05. The number of aromatic amines is 1. The molecule has 1 amide bonds. The fourth-order valence-electron chi connectivity index (χ4n) is 3.05. The molecule has 0 saturated heterocycles. The lowest BCUT2D eigenvalue weighted by Crippen LogP contribution is -2.24. The molecule has 0 unspecified atom stereocenters. The Kier molecular flexibility index (Phi) is 9.69. The first-order chi connectivity index (χ1) is 14.1. The van der Waals surface area contributed by atoms with Crippen molar-refractivity contribution in [1.82, 2.24) is 10.3 Å². The maximum Gasteiger partial charge on any atom is 0.305 e. The fraction of sp³-hybridized carbons (Fsp3) is 0.435. The summed E-state index contributed by atoms with van der Waals surface area (Å²) in [5.41, 5.74) is 2.32. The fourth-order valence-corrected chi connectivity index (χ4v) is 3.05. The smallest absolute Gasteiger partial charge is 0.305 e. The number of ether oxygens (including phenoxy) is 1. The molecule has 2 aromatic rings. The van der Waals surface area contributed by atoms with Crippen molar-refractivity contribution in [2.45, 2.75) is 51.4 Å². The van der Waals surface area contributed by atoms with Crippen LogP contribution < -0.4 is 5.32 Å². The van der Waals surface area contributed by atoms with E-state index in [-0.39, 0.29) is 17.7 Å². The first-order valence-electron chi connectivity index (χ1n) is 10.2. The van der Waals surface area contributed by atoms with Crippen molar-refractivity contribution in [2.75, 3.05) is 13.7 Å². The summed E-state index contributed by atoms with van der Waals surface area (Å²) < 4.78 is 4.62. The second-order valence-electron chi connectivity index (χ2n) is 7.04. The number of ketones is 1. The number of unbranched alkanes of at least 4 members (excludes halogenated alkanes) is 3. The predicted molar refractivity (Wildman–Crippen MR) is 112 cm³/mol. The lowest BCUT2D eigenvalue weighted by atomic mass is 10.1. The van der Waals surface area contributed by atoms with E-state index in [2.05, 4.69) is 15.0 Å². The van der Waals surface area contributed by atoms with Gasteiger partial charge in [-0.25, -0.2) is 0 Å². The minimum absolute atomic E-state index is 0.0628. The van der Waals surface area contributed by atoms with Crippen LogP contribution in [0.4, 0.5) is 0 Å². The standard InChI is InChI=1S/C23H30N2O4/c1-29-22(27)14-8-7-12-19-15-16-20(25-19)21(26)13-6-3-9-17-24-23(28)18-10-4-2-5-11-18/h2,4-5,10-11,15-16,25H,3,6-9,12-14,17H2,1H3,(H,24,28). The number of carbonyl (C=O) groups excluding carboxylic acids is 3. The van der Waals surface area contributed by atoms with Crippen LogP contribution in [0.2, 0.25) is 0 Å². The molecule has 2 N–H and O–H groups in total. The molecule has 0 radical (unpaired) electrons. The second-order valence-corrected chi connectivity index (χ2v) is 7.04. The van der Waals surface area contributed by atoms with Crippen molar-refractivity contribution >= 4 is 17.7 Å². The van der Waals surface area contributed by atoms with Gasteiger partial charge in [-0.15, -0.1) is 0 Å². The van der Waals surface area contributed by atoms with E-state index in [1.165, 1.54) is 7.11 Å². The highest BCUT2D eigenvalue weighted by molar-refractivity contribution is 5.94. The van der Waals surface area contributed by atoms with Crippen LogP contribution in [-0.2, 0) is 16.0 Å². The van der Waals surface area contributed by atoms with Crippen LogP contribution in [0.3, 0.4) is 0 Å². The number of aromatic nitrogens is 1. The van der Waals surface area contributed by atoms with Gasteiger partial charge in [0.15, 0.2) is 5.78 Å². The molecule has 0 spiro atoms. The monoisotopic (exact) mass is 398 g/mol. The summed E-state index contributed by atoms with van der Waals surface area (Å²) in [5.74, 6) is -0.140. The third-order valence-electron chi connectivity index (χ3n) is 4.75. The van der Waals surface area contributed by atoms with Crippen LogP contribution in [0, 0.1) is 0 Å². The molecular formula is C23H30N2O4. The molecule has 0 aliphatic rings. The molecule has 1 aromatic heterocycles. The molecule has 1 aromatic carbocycles. The Morgan fingerprint density at radius 2 is 1.66 bits per heavy atom. The van der Waals surface area contributed by atoms with Crippen LogP contribution in [0.25, 0.3) is 0 Å². The van der Waals surface area contributed by atoms with E-state index in [0.29, 0.717) is 30.6 Å². The van der Waals surface area contributed by atoms with E-state index in [0.717, 1.165) is 44.2 Å². The Labute approximate surface area is 172 Å². The number of amides is 1. The molecule has 6 nitrogen and oxygen atoms in total. The molecular weight excluding hydrogens is 368 g/mol. The van der Waals surface area contributed by atoms with Gasteiger partial charge in [-0.1, -0.05) is 24.6 Å². The number of methoxy groups -OCH3 is 1. The number of hydrogen-bond acceptors (Lipinski definition) is 4. The zero-order valence-corrected chi connectivity index (χ0v) is 17.0. The second kappa shape index (κ2) is 12.5. The van der Waals surface area contributed by atoms with Gasteiger partial charge in [-0.3, -0.25) is 14.4 Å². The highest BCUT2D eigenvalue weighted by Gasteiger charge is 2.09. The number of aryl methyl sites for hydroxylation is 1. The van der Waals surface area contributed by atoms with Crippen LogP contribution in [-0.4, -0.2) is 36.3 Å². The number of benzene rings is 1. The van der Waals surface area contributed by atoms with E-state index in [1.54, 1.807) is 12.1 Å². The minimum Gasteiger partial charge on any atom is -0.469 e. The van der Waals surface area contributed by atoms with Crippen molar-refractivity contribution in [3.05, 3.63) is 59.4 Å². The van der Waals surface area contributed by atoms with Crippen LogP contribution >= 0.6 is 0 Å². The average molecular weight is 399 g/mol. The van der Waals surface area contributed by atoms with Gasteiger partial charge in [0.2, 0.25) is 0 Å². The molecule has 0 saturated carbocycles. The van der Waals surface area contributed by atoms with Gasteiger partial charge >= 0.3 is 5.97 Å². The Balaban J connectivity index is 1.57. The number of esters is 1. The molecule has 29 heavy (non-hydrogen) atoms. The zero-order valence-electron chi connectivity index (χ0n) is 17.0. The first kappa shape index (κ1) is 22.4. The highest BCUT2D eigenvalue weighted by Crippen LogP contribution is 2.11. The quantitative estimate of drug-likeness (QED) is 0.302.